The highest BCUT2D eigenvalue weighted by atomic mass is 16.4. The molecular formula is C13H13N3O3. The molecule has 2 rings (SSSR count). The zero-order valence-electron chi connectivity index (χ0n) is 10.6. The largest absolute Gasteiger partial charge is 0.417 e. The molecule has 2 N–H and O–H groups in total. The van der Waals surface area contributed by atoms with Gasteiger partial charge in [-0.2, -0.15) is 5.26 Å². The van der Waals surface area contributed by atoms with Crippen molar-refractivity contribution in [2.24, 2.45) is 0 Å². The SMILES string of the molecule is CC(C)(NC(=O)CC#N)c1ccc2[nH]c(=O)oc2c1. The van der Waals surface area contributed by atoms with Crippen molar-refractivity contribution in [3.05, 3.63) is 34.3 Å². The third-order valence-electron chi connectivity index (χ3n) is 2.83. The molecular weight excluding hydrogens is 246 g/mol. The van der Waals surface area contributed by atoms with E-state index < -0.39 is 11.3 Å². The van der Waals surface area contributed by atoms with Gasteiger partial charge in [-0.1, -0.05) is 6.07 Å². The van der Waals surface area contributed by atoms with Gasteiger partial charge in [0.25, 0.3) is 0 Å². The Kier molecular flexibility index (Phi) is 3.13. The number of nitrogens with zero attached hydrogens (tertiary/aromatic N) is 1. The van der Waals surface area contributed by atoms with E-state index in [1.165, 1.54) is 0 Å². The molecule has 0 aliphatic rings. The van der Waals surface area contributed by atoms with Crippen molar-refractivity contribution in [2.75, 3.05) is 0 Å². The second kappa shape index (κ2) is 4.61. The van der Waals surface area contributed by atoms with E-state index in [2.05, 4.69) is 10.3 Å². The maximum Gasteiger partial charge on any atom is 0.417 e. The Morgan fingerprint density at radius 2 is 2.26 bits per heavy atom. The highest BCUT2D eigenvalue weighted by molar-refractivity contribution is 5.79. The lowest BCUT2D eigenvalue weighted by atomic mass is 9.94. The van der Waals surface area contributed by atoms with Gasteiger partial charge in [-0.15, -0.1) is 0 Å². The summed E-state index contributed by atoms with van der Waals surface area (Å²) >= 11 is 0. The lowest BCUT2D eigenvalue weighted by molar-refractivity contribution is -0.121. The first kappa shape index (κ1) is 12.9. The van der Waals surface area contributed by atoms with Gasteiger partial charge < -0.3 is 9.73 Å². The number of amides is 1. The van der Waals surface area contributed by atoms with E-state index >= 15 is 0 Å². The molecule has 0 bridgehead atoms. The van der Waals surface area contributed by atoms with Crippen LogP contribution < -0.4 is 11.1 Å². The second-order valence-electron chi connectivity index (χ2n) is 4.73. The van der Waals surface area contributed by atoms with Crippen molar-refractivity contribution in [3.8, 4) is 6.07 Å². The van der Waals surface area contributed by atoms with Gasteiger partial charge in [0.1, 0.15) is 6.42 Å². The number of oxazole rings is 1. The summed E-state index contributed by atoms with van der Waals surface area (Å²) in [4.78, 5) is 25.1. The normalized spacial score (nSPS) is 11.2. The van der Waals surface area contributed by atoms with E-state index in [0.717, 1.165) is 5.56 Å². The minimum absolute atomic E-state index is 0.190. The first-order valence-corrected chi connectivity index (χ1v) is 5.74. The van der Waals surface area contributed by atoms with Crippen LogP contribution in [0.15, 0.2) is 27.4 Å². The highest BCUT2D eigenvalue weighted by Gasteiger charge is 2.23. The zero-order valence-corrected chi connectivity index (χ0v) is 10.6. The van der Waals surface area contributed by atoms with Crippen molar-refractivity contribution in [2.45, 2.75) is 25.8 Å². The van der Waals surface area contributed by atoms with Crippen LogP contribution in [0.2, 0.25) is 0 Å². The van der Waals surface area contributed by atoms with Gasteiger partial charge in [-0.05, 0) is 31.5 Å². The van der Waals surface area contributed by atoms with E-state index in [-0.39, 0.29) is 12.3 Å². The topological polar surface area (TPSA) is 98.9 Å². The number of carbonyl (C=O) groups is 1. The Hall–Kier alpha value is -2.55. The van der Waals surface area contributed by atoms with Crippen molar-refractivity contribution >= 4 is 17.0 Å². The van der Waals surface area contributed by atoms with E-state index in [1.54, 1.807) is 24.3 Å². The van der Waals surface area contributed by atoms with Gasteiger partial charge in [0, 0.05) is 0 Å². The number of carbonyl (C=O) groups excluding carboxylic acids is 1. The average molecular weight is 259 g/mol. The molecule has 0 unspecified atom stereocenters. The van der Waals surface area contributed by atoms with Crippen molar-refractivity contribution in [1.29, 1.82) is 5.26 Å². The van der Waals surface area contributed by atoms with Crippen LogP contribution in [0, 0.1) is 11.3 Å². The van der Waals surface area contributed by atoms with Crippen LogP contribution in [0.4, 0.5) is 0 Å². The van der Waals surface area contributed by atoms with Gasteiger partial charge in [0.05, 0.1) is 17.1 Å². The minimum Gasteiger partial charge on any atom is -0.408 e. The molecule has 1 amide bonds. The van der Waals surface area contributed by atoms with E-state index in [9.17, 15) is 9.59 Å². The fraction of sp³-hybridized carbons (Fsp3) is 0.308. The van der Waals surface area contributed by atoms with Crippen LogP contribution in [0.5, 0.6) is 0 Å². The number of aromatic amines is 1. The number of rotatable bonds is 3. The molecule has 0 radical (unpaired) electrons. The summed E-state index contributed by atoms with van der Waals surface area (Å²) in [6.07, 6.45) is -0.190. The van der Waals surface area contributed by atoms with Crippen molar-refractivity contribution in [3.63, 3.8) is 0 Å². The molecule has 19 heavy (non-hydrogen) atoms. The Bertz CT molecular complexity index is 719. The van der Waals surface area contributed by atoms with Crippen LogP contribution in [0.1, 0.15) is 25.8 Å². The molecule has 0 fully saturated rings. The molecule has 0 spiro atoms. The number of benzene rings is 1. The molecule has 0 saturated carbocycles. The number of fused-ring (bicyclic) bond motifs is 1. The smallest absolute Gasteiger partial charge is 0.408 e. The predicted molar refractivity (Wildman–Crippen MR) is 68.2 cm³/mol. The van der Waals surface area contributed by atoms with E-state index in [4.69, 9.17) is 9.68 Å². The quantitative estimate of drug-likeness (QED) is 0.869. The molecule has 0 aliphatic carbocycles. The first-order chi connectivity index (χ1) is 8.92. The number of nitriles is 1. The first-order valence-electron chi connectivity index (χ1n) is 5.74. The van der Waals surface area contributed by atoms with Crippen LogP contribution in [-0.2, 0) is 10.3 Å². The third-order valence-corrected chi connectivity index (χ3v) is 2.83. The fourth-order valence-corrected chi connectivity index (χ4v) is 1.87. The Balaban J connectivity index is 2.34. The Labute approximate surface area is 109 Å². The summed E-state index contributed by atoms with van der Waals surface area (Å²) in [5.41, 5.74) is 1.17. The van der Waals surface area contributed by atoms with Crippen LogP contribution in [-0.4, -0.2) is 10.9 Å². The molecule has 0 saturated heterocycles. The van der Waals surface area contributed by atoms with E-state index in [0.29, 0.717) is 11.1 Å². The van der Waals surface area contributed by atoms with Crippen LogP contribution in [0.3, 0.4) is 0 Å². The zero-order chi connectivity index (χ0) is 14.0. The summed E-state index contributed by atoms with van der Waals surface area (Å²) in [7, 11) is 0. The van der Waals surface area contributed by atoms with Gasteiger partial charge in [0.2, 0.25) is 5.91 Å². The minimum atomic E-state index is -0.655. The third kappa shape index (κ3) is 2.65. The average Bonchev–Trinajstić information content (AvgIpc) is 2.67. The number of hydrogen-bond acceptors (Lipinski definition) is 4. The summed E-state index contributed by atoms with van der Waals surface area (Å²) in [6, 6.07) is 7.00. The van der Waals surface area contributed by atoms with Gasteiger partial charge in [-0.25, -0.2) is 4.79 Å². The number of H-pyrrole nitrogens is 1. The Morgan fingerprint density at radius 3 is 2.95 bits per heavy atom. The standard InChI is InChI=1S/C13H13N3O3/c1-13(2,16-11(17)5-6-14)8-3-4-9-10(7-8)19-12(18)15-9/h3-4,7H,5H2,1-2H3,(H,15,18)(H,16,17). The molecule has 6 heteroatoms. The Morgan fingerprint density at radius 1 is 1.53 bits per heavy atom. The van der Waals surface area contributed by atoms with E-state index in [1.807, 2.05) is 13.8 Å². The summed E-state index contributed by atoms with van der Waals surface area (Å²) in [5.74, 6) is -0.860. The van der Waals surface area contributed by atoms with Crippen molar-refractivity contribution in [1.82, 2.24) is 10.3 Å². The predicted octanol–water partition coefficient (Wildman–Crippen LogP) is 1.39. The summed E-state index contributed by atoms with van der Waals surface area (Å²) in [5, 5.41) is 11.2. The summed E-state index contributed by atoms with van der Waals surface area (Å²) in [6.45, 7) is 3.63. The monoisotopic (exact) mass is 259 g/mol. The maximum absolute atomic E-state index is 11.5. The highest BCUT2D eigenvalue weighted by Crippen LogP contribution is 2.23. The second-order valence-corrected chi connectivity index (χ2v) is 4.73. The van der Waals surface area contributed by atoms with Gasteiger partial charge >= 0.3 is 5.76 Å². The molecule has 1 aromatic heterocycles. The van der Waals surface area contributed by atoms with Gasteiger partial charge in [0.15, 0.2) is 5.58 Å². The molecule has 0 aliphatic heterocycles. The van der Waals surface area contributed by atoms with Crippen LogP contribution >= 0.6 is 0 Å². The molecule has 2 aromatic rings. The maximum atomic E-state index is 11.5. The van der Waals surface area contributed by atoms with Gasteiger partial charge in [-0.3, -0.25) is 9.78 Å². The molecule has 1 aromatic carbocycles. The molecule has 0 atom stereocenters. The van der Waals surface area contributed by atoms with Crippen LogP contribution in [0.25, 0.3) is 11.1 Å². The molecule has 6 nitrogen and oxygen atoms in total. The number of nitrogens with one attached hydrogen (secondary N) is 2. The fourth-order valence-electron chi connectivity index (χ4n) is 1.87. The lowest BCUT2D eigenvalue weighted by Crippen LogP contribution is -2.40. The van der Waals surface area contributed by atoms with Crippen molar-refractivity contribution < 1.29 is 9.21 Å². The number of hydrogen-bond donors (Lipinski definition) is 2. The molecule has 1 heterocycles. The lowest BCUT2D eigenvalue weighted by Gasteiger charge is -2.26. The molecule has 98 valence electrons. The summed E-state index contributed by atoms with van der Waals surface area (Å²) < 4.78 is 4.98. The number of aromatic nitrogens is 1.